The first kappa shape index (κ1) is 12.5. The van der Waals surface area contributed by atoms with Crippen LogP contribution in [0, 0.1) is 17.8 Å². The fourth-order valence-corrected chi connectivity index (χ4v) is 1.42. The van der Waals surface area contributed by atoms with Gasteiger partial charge in [-0.15, -0.1) is 0 Å². The van der Waals surface area contributed by atoms with E-state index in [4.69, 9.17) is 0 Å². The van der Waals surface area contributed by atoms with Gasteiger partial charge in [0.05, 0.1) is 11.8 Å². The van der Waals surface area contributed by atoms with Crippen molar-refractivity contribution in [1.82, 2.24) is 4.98 Å². The molecular formula is C12H5F5N. The number of pyridine rings is 1. The van der Waals surface area contributed by atoms with Gasteiger partial charge >= 0.3 is 6.18 Å². The van der Waals surface area contributed by atoms with Crippen LogP contribution in [-0.2, 0) is 6.18 Å². The van der Waals surface area contributed by atoms with E-state index in [-0.39, 0.29) is 11.1 Å². The molecule has 0 atom stereocenters. The van der Waals surface area contributed by atoms with E-state index in [0.717, 1.165) is 12.1 Å². The van der Waals surface area contributed by atoms with Crippen LogP contribution < -0.4 is 0 Å². The molecule has 18 heavy (non-hydrogen) atoms. The Bertz CT molecular complexity index is 577. The Kier molecular flexibility index (Phi) is 3.02. The minimum atomic E-state index is -4.59. The summed E-state index contributed by atoms with van der Waals surface area (Å²) in [5.74, 6) is -1.86. The van der Waals surface area contributed by atoms with Crippen molar-refractivity contribution in [3.8, 4) is 11.1 Å². The molecule has 0 aliphatic rings. The molecule has 0 spiro atoms. The summed E-state index contributed by atoms with van der Waals surface area (Å²) < 4.78 is 63.6. The van der Waals surface area contributed by atoms with Gasteiger partial charge in [-0.05, 0) is 23.8 Å². The maximum Gasteiger partial charge on any atom is 0.417 e. The van der Waals surface area contributed by atoms with E-state index >= 15 is 0 Å². The van der Waals surface area contributed by atoms with Crippen LogP contribution in [0.5, 0.6) is 0 Å². The fourth-order valence-electron chi connectivity index (χ4n) is 1.42. The molecule has 1 nitrogen and oxygen atoms in total. The highest BCUT2D eigenvalue weighted by Gasteiger charge is 2.31. The molecular weight excluding hydrogens is 253 g/mol. The second kappa shape index (κ2) is 4.36. The topological polar surface area (TPSA) is 12.9 Å². The molecule has 0 unspecified atom stereocenters. The molecule has 6 heteroatoms. The molecule has 0 amide bonds. The highest BCUT2D eigenvalue weighted by molar-refractivity contribution is 5.63. The molecule has 0 fully saturated rings. The van der Waals surface area contributed by atoms with Gasteiger partial charge < -0.3 is 0 Å². The number of hydrogen-bond acceptors (Lipinski definition) is 1. The van der Waals surface area contributed by atoms with Gasteiger partial charge in [-0.3, -0.25) is 0 Å². The summed E-state index contributed by atoms with van der Waals surface area (Å²) in [7, 11) is 0. The maximum absolute atomic E-state index is 13.3. The second-order valence-corrected chi connectivity index (χ2v) is 3.48. The Morgan fingerprint density at radius 1 is 1.11 bits per heavy atom. The van der Waals surface area contributed by atoms with E-state index in [9.17, 15) is 22.0 Å². The van der Waals surface area contributed by atoms with Crippen LogP contribution in [0.25, 0.3) is 11.1 Å². The summed E-state index contributed by atoms with van der Waals surface area (Å²) >= 11 is 0. The Morgan fingerprint density at radius 3 is 2.50 bits per heavy atom. The van der Waals surface area contributed by atoms with Crippen molar-refractivity contribution in [2.75, 3.05) is 0 Å². The van der Waals surface area contributed by atoms with E-state index in [1.54, 1.807) is 0 Å². The summed E-state index contributed by atoms with van der Waals surface area (Å²) in [6.07, 6.45) is -3.94. The Labute approximate surface area is 98.9 Å². The van der Waals surface area contributed by atoms with Gasteiger partial charge in [0.1, 0.15) is 5.82 Å². The monoisotopic (exact) mass is 258 g/mol. The average Bonchev–Trinajstić information content (AvgIpc) is 2.31. The van der Waals surface area contributed by atoms with Crippen LogP contribution in [0.3, 0.4) is 0 Å². The number of nitrogens with zero attached hydrogens (tertiary/aromatic N) is 1. The van der Waals surface area contributed by atoms with E-state index < -0.39 is 23.5 Å². The second-order valence-electron chi connectivity index (χ2n) is 3.48. The average molecular weight is 258 g/mol. The third-order valence-corrected chi connectivity index (χ3v) is 2.22. The number of benzene rings is 1. The molecule has 0 N–H and O–H groups in total. The van der Waals surface area contributed by atoms with Crippen LogP contribution in [-0.4, -0.2) is 4.98 Å². The summed E-state index contributed by atoms with van der Waals surface area (Å²) in [6, 6.07) is 5.68. The van der Waals surface area contributed by atoms with Crippen molar-refractivity contribution in [2.45, 2.75) is 6.18 Å². The van der Waals surface area contributed by atoms with Gasteiger partial charge in [0.25, 0.3) is 0 Å². The number of hydrogen-bond donors (Lipinski definition) is 0. The van der Waals surface area contributed by atoms with E-state index in [1.165, 1.54) is 6.07 Å². The van der Waals surface area contributed by atoms with Crippen LogP contribution in [0.4, 0.5) is 22.0 Å². The standard InChI is InChI=1S/C12H5F5N/c13-9-5-10(11(14)18-6-9)7-2-1-3-8(4-7)12(15,16)17/h1-2,4-6H. The molecule has 0 bridgehead atoms. The van der Waals surface area contributed by atoms with Crippen molar-refractivity contribution < 1.29 is 22.0 Å². The van der Waals surface area contributed by atoms with E-state index in [1.807, 2.05) is 6.07 Å². The van der Waals surface area contributed by atoms with Crippen LogP contribution in [0.1, 0.15) is 5.56 Å². The predicted octanol–water partition coefficient (Wildman–Crippen LogP) is 3.85. The van der Waals surface area contributed by atoms with Crippen molar-refractivity contribution in [3.63, 3.8) is 0 Å². The zero-order valence-electron chi connectivity index (χ0n) is 8.72. The molecule has 0 aliphatic carbocycles. The van der Waals surface area contributed by atoms with Gasteiger partial charge in [-0.1, -0.05) is 12.1 Å². The summed E-state index contributed by atoms with van der Waals surface area (Å²) in [4.78, 5) is 3.11. The van der Waals surface area contributed by atoms with Gasteiger partial charge in [-0.2, -0.15) is 17.6 Å². The summed E-state index contributed by atoms with van der Waals surface area (Å²) in [5.41, 5.74) is -1.48. The third kappa shape index (κ3) is 2.47. The number of halogens is 5. The Hall–Kier alpha value is -1.98. The smallest absolute Gasteiger partial charge is 0.225 e. The van der Waals surface area contributed by atoms with Crippen molar-refractivity contribution in [3.05, 3.63) is 53.9 Å². The molecule has 0 saturated carbocycles. The first-order valence-corrected chi connectivity index (χ1v) is 4.78. The molecule has 1 heterocycles. The van der Waals surface area contributed by atoms with Gasteiger partial charge in [0.2, 0.25) is 5.95 Å². The number of aromatic nitrogens is 1. The first-order chi connectivity index (χ1) is 8.38. The fraction of sp³-hybridized carbons (Fsp3) is 0.0833. The lowest BCUT2D eigenvalue weighted by atomic mass is 10.0. The van der Waals surface area contributed by atoms with Crippen molar-refractivity contribution >= 4 is 0 Å². The highest BCUT2D eigenvalue weighted by atomic mass is 19.4. The lowest BCUT2D eigenvalue weighted by Gasteiger charge is -2.08. The zero-order chi connectivity index (χ0) is 13.3. The zero-order valence-corrected chi connectivity index (χ0v) is 8.72. The Balaban J connectivity index is 2.55. The molecule has 1 radical (unpaired) electrons. The van der Waals surface area contributed by atoms with Crippen molar-refractivity contribution in [1.29, 1.82) is 0 Å². The third-order valence-electron chi connectivity index (χ3n) is 2.22. The summed E-state index contributed by atoms with van der Waals surface area (Å²) in [5, 5.41) is 0. The minimum Gasteiger partial charge on any atom is -0.225 e. The first-order valence-electron chi connectivity index (χ1n) is 4.78. The van der Waals surface area contributed by atoms with E-state index in [2.05, 4.69) is 4.98 Å². The highest BCUT2D eigenvalue weighted by Crippen LogP contribution is 2.32. The quantitative estimate of drug-likeness (QED) is 0.559. The van der Waals surface area contributed by atoms with Crippen LogP contribution in [0.2, 0.25) is 0 Å². The molecule has 0 aliphatic heterocycles. The lowest BCUT2D eigenvalue weighted by molar-refractivity contribution is -0.137. The van der Waals surface area contributed by atoms with Gasteiger partial charge in [-0.25, -0.2) is 9.37 Å². The molecule has 0 saturated heterocycles. The minimum absolute atomic E-state index is 0.106. The Morgan fingerprint density at radius 2 is 1.83 bits per heavy atom. The lowest BCUT2D eigenvalue weighted by Crippen LogP contribution is -2.05. The van der Waals surface area contributed by atoms with Gasteiger partial charge in [0, 0.05) is 5.56 Å². The molecule has 2 rings (SSSR count). The molecule has 93 valence electrons. The number of alkyl halides is 3. The largest absolute Gasteiger partial charge is 0.417 e. The van der Waals surface area contributed by atoms with E-state index in [0.29, 0.717) is 12.3 Å². The van der Waals surface area contributed by atoms with Crippen LogP contribution in [0.15, 0.2) is 30.5 Å². The predicted molar refractivity (Wildman–Crippen MR) is 53.4 cm³/mol. The van der Waals surface area contributed by atoms with Crippen LogP contribution >= 0.6 is 0 Å². The summed E-state index contributed by atoms with van der Waals surface area (Å²) in [6.45, 7) is 0. The van der Waals surface area contributed by atoms with Gasteiger partial charge in [0.15, 0.2) is 0 Å². The SMILES string of the molecule is Fc1cnc(F)c(-c2cc[c]c(C(F)(F)F)c2)c1. The molecule has 2 aromatic rings. The van der Waals surface area contributed by atoms with Crippen molar-refractivity contribution in [2.24, 2.45) is 0 Å². The normalized spacial score (nSPS) is 11.6. The maximum atomic E-state index is 13.3. The molecule has 1 aromatic carbocycles. The number of rotatable bonds is 1. The molecule has 1 aromatic heterocycles.